The van der Waals surface area contributed by atoms with Crippen molar-refractivity contribution >= 4 is 0 Å². The second-order valence-corrected chi connectivity index (χ2v) is 3.89. The van der Waals surface area contributed by atoms with E-state index in [0.29, 0.717) is 31.0 Å². The van der Waals surface area contributed by atoms with Crippen LogP contribution < -0.4 is 5.32 Å². The van der Waals surface area contributed by atoms with Crippen molar-refractivity contribution in [1.29, 1.82) is 0 Å². The fraction of sp³-hybridized carbons (Fsp3) is 0.800. The average Bonchev–Trinajstić information content (AvgIpc) is 2.83. The molecule has 5 heteroatoms. The van der Waals surface area contributed by atoms with Crippen molar-refractivity contribution in [3.05, 3.63) is 11.8 Å². The van der Waals surface area contributed by atoms with Crippen molar-refractivity contribution < 1.29 is 9.15 Å². The van der Waals surface area contributed by atoms with Gasteiger partial charge in [0, 0.05) is 0 Å². The van der Waals surface area contributed by atoms with Gasteiger partial charge in [-0.15, -0.1) is 10.2 Å². The normalized spacial score (nSPS) is 26.0. The summed E-state index contributed by atoms with van der Waals surface area (Å²) in [6, 6.07) is 0. The van der Waals surface area contributed by atoms with Crippen molar-refractivity contribution in [2.24, 2.45) is 0 Å². The molecule has 84 valence electrons. The van der Waals surface area contributed by atoms with Crippen molar-refractivity contribution in [2.45, 2.75) is 38.8 Å². The van der Waals surface area contributed by atoms with Crippen LogP contribution in [0.15, 0.2) is 4.42 Å². The molecule has 2 rings (SSSR count). The van der Waals surface area contributed by atoms with Gasteiger partial charge in [-0.25, -0.2) is 0 Å². The summed E-state index contributed by atoms with van der Waals surface area (Å²) in [5, 5.41) is 11.2. The van der Waals surface area contributed by atoms with Gasteiger partial charge in [-0.2, -0.15) is 0 Å². The van der Waals surface area contributed by atoms with Crippen LogP contribution in [0.5, 0.6) is 0 Å². The smallest absolute Gasteiger partial charge is 0.230 e. The monoisotopic (exact) mass is 211 g/mol. The SMILES string of the molecule is CCNCc1nnc(C2COC(C)C2)o1. The van der Waals surface area contributed by atoms with E-state index in [4.69, 9.17) is 9.15 Å². The summed E-state index contributed by atoms with van der Waals surface area (Å²) in [5.74, 6) is 1.65. The van der Waals surface area contributed by atoms with Gasteiger partial charge >= 0.3 is 0 Å². The second kappa shape index (κ2) is 4.72. The maximum atomic E-state index is 5.55. The Bertz CT molecular complexity index is 313. The molecule has 0 bridgehead atoms. The number of ether oxygens (including phenoxy) is 1. The van der Waals surface area contributed by atoms with Gasteiger partial charge in [0.2, 0.25) is 11.8 Å². The highest BCUT2D eigenvalue weighted by Gasteiger charge is 2.27. The van der Waals surface area contributed by atoms with Crippen LogP contribution in [-0.4, -0.2) is 29.5 Å². The van der Waals surface area contributed by atoms with Gasteiger partial charge < -0.3 is 14.5 Å². The molecule has 0 saturated carbocycles. The summed E-state index contributed by atoms with van der Waals surface area (Å²) in [7, 11) is 0. The summed E-state index contributed by atoms with van der Waals surface area (Å²) < 4.78 is 11.0. The van der Waals surface area contributed by atoms with E-state index < -0.39 is 0 Å². The maximum Gasteiger partial charge on any atom is 0.230 e. The van der Waals surface area contributed by atoms with Crippen molar-refractivity contribution in [3.63, 3.8) is 0 Å². The summed E-state index contributed by atoms with van der Waals surface area (Å²) in [6.45, 7) is 6.36. The predicted octanol–water partition coefficient (Wildman–Crippen LogP) is 1.07. The summed E-state index contributed by atoms with van der Waals surface area (Å²) in [4.78, 5) is 0. The lowest BCUT2D eigenvalue weighted by Gasteiger charge is -1.99. The largest absolute Gasteiger partial charge is 0.423 e. The van der Waals surface area contributed by atoms with Crippen molar-refractivity contribution in [1.82, 2.24) is 15.5 Å². The van der Waals surface area contributed by atoms with Crippen LogP contribution in [0.4, 0.5) is 0 Å². The molecule has 0 aliphatic carbocycles. The molecule has 2 heterocycles. The molecule has 0 radical (unpaired) electrons. The Hall–Kier alpha value is -0.940. The Balaban J connectivity index is 1.94. The van der Waals surface area contributed by atoms with Gasteiger partial charge in [-0.05, 0) is 19.9 Å². The lowest BCUT2D eigenvalue weighted by molar-refractivity contribution is 0.122. The quantitative estimate of drug-likeness (QED) is 0.807. The third-order valence-corrected chi connectivity index (χ3v) is 2.56. The van der Waals surface area contributed by atoms with Gasteiger partial charge in [-0.1, -0.05) is 6.92 Å². The van der Waals surface area contributed by atoms with E-state index in [1.165, 1.54) is 0 Å². The lowest BCUT2D eigenvalue weighted by Crippen LogP contribution is -2.11. The zero-order chi connectivity index (χ0) is 10.7. The molecule has 5 nitrogen and oxygen atoms in total. The molecule has 1 aromatic heterocycles. The first kappa shape index (κ1) is 10.6. The first-order chi connectivity index (χ1) is 7.29. The summed E-state index contributed by atoms with van der Waals surface area (Å²) >= 11 is 0. The molecular weight excluding hydrogens is 194 g/mol. The Kier molecular flexibility index (Phi) is 3.33. The van der Waals surface area contributed by atoms with E-state index in [1.807, 2.05) is 6.92 Å². The van der Waals surface area contributed by atoms with Crippen molar-refractivity contribution in [2.75, 3.05) is 13.2 Å². The Morgan fingerprint density at radius 3 is 3.00 bits per heavy atom. The van der Waals surface area contributed by atoms with E-state index in [2.05, 4.69) is 22.4 Å². The summed E-state index contributed by atoms with van der Waals surface area (Å²) in [6.07, 6.45) is 1.28. The van der Waals surface area contributed by atoms with E-state index >= 15 is 0 Å². The number of nitrogens with one attached hydrogen (secondary N) is 1. The fourth-order valence-electron chi connectivity index (χ4n) is 1.72. The second-order valence-electron chi connectivity index (χ2n) is 3.89. The first-order valence-electron chi connectivity index (χ1n) is 5.44. The number of hydrogen-bond acceptors (Lipinski definition) is 5. The molecule has 1 aliphatic rings. The van der Waals surface area contributed by atoms with Crippen LogP contribution in [0.25, 0.3) is 0 Å². The number of hydrogen-bond donors (Lipinski definition) is 1. The molecule has 15 heavy (non-hydrogen) atoms. The van der Waals surface area contributed by atoms with E-state index in [-0.39, 0.29) is 5.92 Å². The molecule has 1 N–H and O–H groups in total. The van der Waals surface area contributed by atoms with Gasteiger partial charge in [0.25, 0.3) is 0 Å². The topological polar surface area (TPSA) is 60.2 Å². The van der Waals surface area contributed by atoms with Gasteiger partial charge in [0.1, 0.15) is 0 Å². The highest BCUT2D eigenvalue weighted by Crippen LogP contribution is 2.27. The van der Waals surface area contributed by atoms with Crippen molar-refractivity contribution in [3.8, 4) is 0 Å². The van der Waals surface area contributed by atoms with Gasteiger partial charge in [0.05, 0.1) is 25.2 Å². The highest BCUT2D eigenvalue weighted by molar-refractivity contribution is 4.95. The molecule has 1 fully saturated rings. The third kappa shape index (κ3) is 2.54. The Morgan fingerprint density at radius 1 is 1.47 bits per heavy atom. The zero-order valence-corrected chi connectivity index (χ0v) is 9.19. The van der Waals surface area contributed by atoms with Gasteiger partial charge in [-0.3, -0.25) is 0 Å². The molecular formula is C10H17N3O2. The van der Waals surface area contributed by atoms with Crippen LogP contribution in [0.3, 0.4) is 0 Å². The predicted molar refractivity (Wildman–Crippen MR) is 54.5 cm³/mol. The maximum absolute atomic E-state index is 5.55. The average molecular weight is 211 g/mol. The van der Waals surface area contributed by atoms with Crippen LogP contribution in [0.2, 0.25) is 0 Å². The highest BCUT2D eigenvalue weighted by atomic mass is 16.5. The minimum absolute atomic E-state index is 0.280. The minimum Gasteiger partial charge on any atom is -0.423 e. The fourth-order valence-corrected chi connectivity index (χ4v) is 1.72. The first-order valence-corrected chi connectivity index (χ1v) is 5.44. The number of rotatable bonds is 4. The van der Waals surface area contributed by atoms with Crippen LogP contribution in [0.1, 0.15) is 38.0 Å². The summed E-state index contributed by atoms with van der Waals surface area (Å²) in [5.41, 5.74) is 0. The minimum atomic E-state index is 0.280. The Labute approximate surface area is 89.2 Å². The molecule has 1 aromatic rings. The zero-order valence-electron chi connectivity index (χ0n) is 9.19. The van der Waals surface area contributed by atoms with Crippen LogP contribution in [-0.2, 0) is 11.3 Å². The van der Waals surface area contributed by atoms with E-state index in [0.717, 1.165) is 13.0 Å². The van der Waals surface area contributed by atoms with Crippen LogP contribution in [0, 0.1) is 0 Å². The lowest BCUT2D eigenvalue weighted by atomic mass is 10.1. The molecule has 0 amide bonds. The molecule has 0 aromatic carbocycles. The molecule has 1 saturated heterocycles. The van der Waals surface area contributed by atoms with E-state index in [9.17, 15) is 0 Å². The number of aromatic nitrogens is 2. The molecule has 2 unspecified atom stereocenters. The standard InChI is InChI=1S/C10H17N3O2/c1-3-11-5-9-12-13-10(15-9)8-4-7(2)14-6-8/h7-8,11H,3-6H2,1-2H3. The molecule has 1 aliphatic heterocycles. The van der Waals surface area contributed by atoms with E-state index in [1.54, 1.807) is 0 Å². The van der Waals surface area contributed by atoms with Gasteiger partial charge in [0.15, 0.2) is 0 Å². The molecule has 0 spiro atoms. The Morgan fingerprint density at radius 2 is 2.33 bits per heavy atom. The number of nitrogens with zero attached hydrogens (tertiary/aromatic N) is 2. The molecule has 2 atom stereocenters. The third-order valence-electron chi connectivity index (χ3n) is 2.56. The van der Waals surface area contributed by atoms with Crippen LogP contribution >= 0.6 is 0 Å².